The number of rotatable bonds is 1. The first kappa shape index (κ1) is 14.7. The van der Waals surface area contributed by atoms with Crippen LogP contribution in [-0.2, 0) is 5.41 Å². The minimum absolute atomic E-state index is 0.137. The summed E-state index contributed by atoms with van der Waals surface area (Å²) in [5, 5.41) is 16.9. The Labute approximate surface area is 133 Å². The molecule has 1 aliphatic heterocycles. The Bertz CT molecular complexity index is 801. The van der Waals surface area contributed by atoms with Gasteiger partial charge < -0.3 is 10.5 Å². The van der Waals surface area contributed by atoms with Crippen LogP contribution in [0.25, 0.3) is 0 Å². The lowest BCUT2D eigenvalue weighted by Gasteiger charge is -2.26. The highest BCUT2D eigenvalue weighted by molar-refractivity contribution is 7.12. The molecule has 0 spiro atoms. The van der Waals surface area contributed by atoms with Crippen molar-refractivity contribution in [2.45, 2.75) is 39.0 Å². The molecule has 3 rings (SSSR count). The van der Waals surface area contributed by atoms with Crippen molar-refractivity contribution >= 4 is 11.3 Å². The standard InChI is InChI=1S/C16H18N4OS/c1-8-5-6-10(22-8)11-9(7-17)14(18)21-15-12(11)13(19-20-15)16(2,3)4/h5-6,11H,18H2,1-4H3,(H,19,20)/t11-/m0/s1. The quantitative estimate of drug-likeness (QED) is 0.845. The Kier molecular flexibility index (Phi) is 3.26. The van der Waals surface area contributed by atoms with Crippen molar-refractivity contribution in [3.63, 3.8) is 0 Å². The number of hydrogen-bond acceptors (Lipinski definition) is 5. The maximum absolute atomic E-state index is 9.56. The molecular weight excluding hydrogens is 296 g/mol. The molecule has 22 heavy (non-hydrogen) atoms. The van der Waals surface area contributed by atoms with Gasteiger partial charge in [-0.25, -0.2) is 0 Å². The number of nitriles is 1. The van der Waals surface area contributed by atoms with Gasteiger partial charge >= 0.3 is 0 Å². The van der Waals surface area contributed by atoms with E-state index in [1.807, 2.05) is 13.0 Å². The van der Waals surface area contributed by atoms with Crippen LogP contribution in [0.5, 0.6) is 5.88 Å². The summed E-state index contributed by atoms with van der Waals surface area (Å²) in [6.07, 6.45) is 0. The van der Waals surface area contributed by atoms with Crippen LogP contribution in [-0.4, -0.2) is 10.2 Å². The molecule has 0 fully saturated rings. The Morgan fingerprint density at radius 2 is 2.14 bits per heavy atom. The molecule has 5 nitrogen and oxygen atoms in total. The lowest BCUT2D eigenvalue weighted by molar-refractivity contribution is 0.378. The summed E-state index contributed by atoms with van der Waals surface area (Å²) in [6.45, 7) is 8.36. The molecule has 2 aromatic rings. The predicted octanol–water partition coefficient (Wildman–Crippen LogP) is 3.30. The number of aromatic nitrogens is 2. The molecule has 0 amide bonds. The van der Waals surface area contributed by atoms with Crippen LogP contribution in [0.3, 0.4) is 0 Å². The zero-order chi connectivity index (χ0) is 16.1. The van der Waals surface area contributed by atoms with Gasteiger partial charge in [-0.05, 0) is 19.1 Å². The number of aromatic amines is 1. The van der Waals surface area contributed by atoms with Crippen LogP contribution in [0.15, 0.2) is 23.6 Å². The van der Waals surface area contributed by atoms with E-state index in [1.54, 1.807) is 11.3 Å². The average Bonchev–Trinajstić information content (AvgIpc) is 3.02. The van der Waals surface area contributed by atoms with Gasteiger partial charge in [-0.15, -0.1) is 16.4 Å². The van der Waals surface area contributed by atoms with E-state index in [9.17, 15) is 5.26 Å². The molecule has 3 heterocycles. The molecular formula is C16H18N4OS. The monoisotopic (exact) mass is 314 g/mol. The van der Waals surface area contributed by atoms with Gasteiger partial charge in [-0.2, -0.15) is 5.26 Å². The number of nitrogens with zero attached hydrogens (tertiary/aromatic N) is 2. The van der Waals surface area contributed by atoms with Gasteiger partial charge in [0.1, 0.15) is 11.6 Å². The predicted molar refractivity (Wildman–Crippen MR) is 85.6 cm³/mol. The first-order chi connectivity index (χ1) is 10.3. The second-order valence-corrected chi connectivity index (χ2v) is 7.76. The Balaban J connectivity index is 2.27. The van der Waals surface area contributed by atoms with Gasteiger partial charge in [0.2, 0.25) is 11.8 Å². The van der Waals surface area contributed by atoms with Crippen molar-refractivity contribution < 1.29 is 4.74 Å². The normalized spacial score (nSPS) is 17.9. The van der Waals surface area contributed by atoms with Gasteiger partial charge in [-0.1, -0.05) is 20.8 Å². The Morgan fingerprint density at radius 1 is 1.41 bits per heavy atom. The maximum atomic E-state index is 9.56. The van der Waals surface area contributed by atoms with Gasteiger partial charge in [0.15, 0.2) is 0 Å². The molecule has 0 saturated carbocycles. The molecule has 0 radical (unpaired) electrons. The van der Waals surface area contributed by atoms with Crippen LogP contribution < -0.4 is 10.5 Å². The van der Waals surface area contributed by atoms with E-state index >= 15 is 0 Å². The van der Waals surface area contributed by atoms with Crippen LogP contribution in [0.1, 0.15) is 47.7 Å². The fourth-order valence-electron chi connectivity index (χ4n) is 2.71. The highest BCUT2D eigenvalue weighted by Gasteiger charge is 2.38. The summed E-state index contributed by atoms with van der Waals surface area (Å²) >= 11 is 1.66. The zero-order valence-electron chi connectivity index (χ0n) is 13.0. The number of H-pyrrole nitrogens is 1. The van der Waals surface area contributed by atoms with Crippen molar-refractivity contribution in [3.8, 4) is 11.9 Å². The number of fused-ring (bicyclic) bond motifs is 1. The third-order valence-corrected chi connectivity index (χ3v) is 4.80. The summed E-state index contributed by atoms with van der Waals surface area (Å²) in [6, 6.07) is 6.31. The van der Waals surface area contributed by atoms with Gasteiger partial charge in [0.25, 0.3) is 0 Å². The van der Waals surface area contributed by atoms with E-state index in [2.05, 4.69) is 43.1 Å². The molecule has 3 N–H and O–H groups in total. The molecule has 2 aromatic heterocycles. The van der Waals surface area contributed by atoms with Crippen LogP contribution in [0.4, 0.5) is 0 Å². The summed E-state index contributed by atoms with van der Waals surface area (Å²) in [5.41, 5.74) is 8.14. The molecule has 6 heteroatoms. The van der Waals surface area contributed by atoms with E-state index in [-0.39, 0.29) is 17.2 Å². The van der Waals surface area contributed by atoms with Crippen LogP contribution in [0.2, 0.25) is 0 Å². The first-order valence-corrected chi connectivity index (χ1v) is 7.87. The van der Waals surface area contributed by atoms with E-state index in [1.165, 1.54) is 4.88 Å². The Hall–Kier alpha value is -2.26. The fourth-order valence-corrected chi connectivity index (χ4v) is 3.71. The van der Waals surface area contributed by atoms with E-state index in [4.69, 9.17) is 10.5 Å². The molecule has 0 bridgehead atoms. The minimum Gasteiger partial charge on any atom is -0.420 e. The lowest BCUT2D eigenvalue weighted by Crippen LogP contribution is -2.23. The van der Waals surface area contributed by atoms with Crippen LogP contribution in [0, 0.1) is 18.3 Å². The number of hydrogen-bond donors (Lipinski definition) is 2. The van der Waals surface area contributed by atoms with Gasteiger partial charge in [0.05, 0.1) is 11.5 Å². The SMILES string of the molecule is Cc1ccc([C@@H]2C(C#N)=C(N)Oc3n[nH]c(C(C)(C)C)c32)s1. The van der Waals surface area contributed by atoms with Crippen molar-refractivity contribution in [2.24, 2.45) is 5.73 Å². The van der Waals surface area contributed by atoms with Crippen molar-refractivity contribution in [2.75, 3.05) is 0 Å². The highest BCUT2D eigenvalue weighted by atomic mass is 32.1. The van der Waals surface area contributed by atoms with Crippen molar-refractivity contribution in [3.05, 3.63) is 44.6 Å². The lowest BCUT2D eigenvalue weighted by atomic mass is 9.81. The topological polar surface area (TPSA) is 87.7 Å². The third-order valence-electron chi connectivity index (χ3n) is 3.73. The smallest absolute Gasteiger partial charge is 0.244 e. The second kappa shape index (κ2) is 4.89. The minimum atomic E-state index is -0.222. The van der Waals surface area contributed by atoms with E-state index in [0.717, 1.165) is 16.1 Å². The number of thiophene rings is 1. The summed E-state index contributed by atoms with van der Waals surface area (Å²) in [7, 11) is 0. The highest BCUT2D eigenvalue weighted by Crippen LogP contribution is 2.46. The molecule has 0 saturated heterocycles. The molecule has 0 aromatic carbocycles. The second-order valence-electron chi connectivity index (χ2n) is 6.44. The van der Waals surface area contributed by atoms with Crippen molar-refractivity contribution in [1.29, 1.82) is 5.26 Å². The average molecular weight is 314 g/mol. The molecule has 0 unspecified atom stereocenters. The Morgan fingerprint density at radius 3 is 2.68 bits per heavy atom. The van der Waals surface area contributed by atoms with E-state index in [0.29, 0.717) is 11.5 Å². The fraction of sp³-hybridized carbons (Fsp3) is 0.375. The number of aryl methyl sites for hydroxylation is 1. The van der Waals surface area contributed by atoms with Crippen molar-refractivity contribution in [1.82, 2.24) is 10.2 Å². The van der Waals surface area contributed by atoms with Gasteiger partial charge in [-0.3, -0.25) is 5.10 Å². The zero-order valence-corrected chi connectivity index (χ0v) is 13.8. The summed E-state index contributed by atoms with van der Waals surface area (Å²) in [5.74, 6) is 0.385. The number of ether oxygens (including phenoxy) is 1. The molecule has 114 valence electrons. The molecule has 1 aliphatic rings. The van der Waals surface area contributed by atoms with Crippen LogP contribution >= 0.6 is 11.3 Å². The maximum Gasteiger partial charge on any atom is 0.244 e. The van der Waals surface area contributed by atoms with E-state index < -0.39 is 0 Å². The molecule has 0 aliphatic carbocycles. The largest absolute Gasteiger partial charge is 0.420 e. The summed E-state index contributed by atoms with van der Waals surface area (Å²) < 4.78 is 5.57. The molecule has 1 atom stereocenters. The first-order valence-electron chi connectivity index (χ1n) is 7.05. The number of allylic oxidation sites excluding steroid dienone is 1. The number of nitrogens with one attached hydrogen (secondary N) is 1. The summed E-state index contributed by atoms with van der Waals surface area (Å²) in [4.78, 5) is 2.27. The number of nitrogens with two attached hydrogens (primary N) is 1. The van der Waals surface area contributed by atoms with Gasteiger partial charge in [0, 0.05) is 20.9 Å². The third kappa shape index (κ3) is 2.18.